The van der Waals surface area contributed by atoms with Gasteiger partial charge in [-0.1, -0.05) is 0 Å². The molecule has 1 atom stereocenters. The lowest BCUT2D eigenvalue weighted by atomic mass is 10.3. The first kappa shape index (κ1) is 19.2. The number of aromatic nitrogens is 5. The summed E-state index contributed by atoms with van der Waals surface area (Å²) in [5, 5.41) is 9.71. The Hall–Kier alpha value is -2.80. The van der Waals surface area contributed by atoms with Gasteiger partial charge >= 0.3 is 0 Å². The summed E-state index contributed by atoms with van der Waals surface area (Å²) >= 11 is 3.05. The van der Waals surface area contributed by atoms with Gasteiger partial charge in [0, 0.05) is 37.7 Å². The van der Waals surface area contributed by atoms with Crippen molar-refractivity contribution in [1.29, 1.82) is 0 Å². The van der Waals surface area contributed by atoms with Crippen molar-refractivity contribution in [2.75, 3.05) is 13.7 Å². The van der Waals surface area contributed by atoms with Crippen LogP contribution >= 0.6 is 22.7 Å². The minimum atomic E-state index is -0.313. The van der Waals surface area contributed by atoms with Crippen molar-refractivity contribution in [2.45, 2.75) is 19.6 Å². The number of hydrazine groups is 2. The second-order valence-electron chi connectivity index (χ2n) is 6.85. The molecule has 0 aliphatic carbocycles. The number of rotatable bonds is 6. The Balaban J connectivity index is 1.58. The largest absolute Gasteiger partial charge is 0.365 e. The van der Waals surface area contributed by atoms with Crippen molar-refractivity contribution in [3.05, 3.63) is 50.0 Å². The second-order valence-corrected chi connectivity index (χ2v) is 8.60. The van der Waals surface area contributed by atoms with Gasteiger partial charge in [-0.25, -0.2) is 14.6 Å². The highest BCUT2D eigenvalue weighted by Crippen LogP contribution is 2.36. The van der Waals surface area contributed by atoms with Crippen LogP contribution in [0.3, 0.4) is 0 Å². The summed E-state index contributed by atoms with van der Waals surface area (Å²) in [4.78, 5) is 22.3. The Morgan fingerprint density at radius 1 is 1.33 bits per heavy atom. The van der Waals surface area contributed by atoms with Gasteiger partial charge in [0.1, 0.15) is 10.5 Å². The van der Waals surface area contributed by atoms with E-state index < -0.39 is 0 Å². The fourth-order valence-electron chi connectivity index (χ4n) is 3.53. The summed E-state index contributed by atoms with van der Waals surface area (Å²) in [5.41, 5.74) is 10.8. The van der Waals surface area contributed by atoms with E-state index in [0.717, 1.165) is 32.1 Å². The third-order valence-electron chi connectivity index (χ3n) is 4.88. The SMILES string of the molecule is CCOC(c1cscn1)c1nc2c(s1)c1cnn(CC3=CNN(C)N3)c(=O)c1n2C. The molecule has 0 amide bonds. The Kier molecular flexibility index (Phi) is 4.77. The first-order valence-corrected chi connectivity index (χ1v) is 11.1. The van der Waals surface area contributed by atoms with Crippen LogP contribution < -0.4 is 16.4 Å². The molecule has 1 aliphatic heterocycles. The standard InChI is InChI=1S/C18H20N8O2S2/c1-4-28-14(12-8-29-9-19-12)17-22-16-15(30-17)11-6-21-26(18(27)13(11)24(16)2)7-10-5-20-25(3)23-10/h5-6,8-9,14,20,23H,4,7H2,1-3H3. The van der Waals surface area contributed by atoms with Crippen LogP contribution in [-0.4, -0.2) is 43.1 Å². The van der Waals surface area contributed by atoms with Gasteiger partial charge in [0.15, 0.2) is 11.8 Å². The summed E-state index contributed by atoms with van der Waals surface area (Å²) in [6.07, 6.45) is 3.24. The van der Waals surface area contributed by atoms with Crippen molar-refractivity contribution < 1.29 is 4.74 Å². The number of allylic oxidation sites excluding steroid dienone is 1. The maximum atomic E-state index is 13.1. The molecule has 0 saturated heterocycles. The van der Waals surface area contributed by atoms with Crippen LogP contribution in [0.2, 0.25) is 0 Å². The molecule has 0 saturated carbocycles. The molecular formula is C18H20N8O2S2. The zero-order valence-corrected chi connectivity index (χ0v) is 18.3. The Morgan fingerprint density at radius 3 is 2.90 bits per heavy atom. The van der Waals surface area contributed by atoms with Crippen molar-refractivity contribution in [2.24, 2.45) is 7.05 Å². The molecule has 12 heteroatoms. The van der Waals surface area contributed by atoms with E-state index in [2.05, 4.69) is 20.9 Å². The topological polar surface area (TPSA) is 102 Å². The predicted octanol–water partition coefficient (Wildman–Crippen LogP) is 1.72. The highest BCUT2D eigenvalue weighted by Gasteiger charge is 2.25. The zero-order valence-electron chi connectivity index (χ0n) is 16.6. The molecule has 30 heavy (non-hydrogen) atoms. The van der Waals surface area contributed by atoms with E-state index in [-0.39, 0.29) is 11.7 Å². The van der Waals surface area contributed by atoms with Gasteiger partial charge in [0.25, 0.3) is 5.56 Å². The fourth-order valence-corrected chi connectivity index (χ4v) is 5.27. The van der Waals surface area contributed by atoms with Gasteiger partial charge in [-0.05, 0) is 6.92 Å². The molecule has 1 unspecified atom stereocenters. The van der Waals surface area contributed by atoms with Crippen LogP contribution in [0.4, 0.5) is 0 Å². The van der Waals surface area contributed by atoms with Gasteiger partial charge in [-0.3, -0.25) is 4.79 Å². The van der Waals surface area contributed by atoms with Crippen LogP contribution in [0.5, 0.6) is 0 Å². The summed E-state index contributed by atoms with van der Waals surface area (Å²) < 4.78 is 10.1. The molecule has 0 spiro atoms. The van der Waals surface area contributed by atoms with Crippen molar-refractivity contribution in [1.82, 2.24) is 40.3 Å². The first-order valence-electron chi connectivity index (χ1n) is 9.37. The maximum Gasteiger partial charge on any atom is 0.291 e. The smallest absolute Gasteiger partial charge is 0.291 e. The molecule has 0 fully saturated rings. The molecule has 5 rings (SSSR count). The molecule has 2 N–H and O–H groups in total. The number of nitrogens with one attached hydrogen (secondary N) is 2. The molecule has 0 bridgehead atoms. The van der Waals surface area contributed by atoms with Crippen LogP contribution in [0.1, 0.15) is 23.7 Å². The van der Waals surface area contributed by atoms with Crippen molar-refractivity contribution >= 4 is 43.9 Å². The average Bonchev–Trinajstić information content (AvgIpc) is 3.50. The van der Waals surface area contributed by atoms with E-state index in [0.29, 0.717) is 18.7 Å². The van der Waals surface area contributed by atoms with Gasteiger partial charge in [-0.15, -0.1) is 27.8 Å². The van der Waals surface area contributed by atoms with Gasteiger partial charge < -0.3 is 20.2 Å². The highest BCUT2D eigenvalue weighted by molar-refractivity contribution is 7.19. The van der Waals surface area contributed by atoms with Gasteiger partial charge in [0.05, 0.1) is 34.3 Å². The summed E-state index contributed by atoms with van der Waals surface area (Å²) in [6.45, 7) is 2.86. The monoisotopic (exact) mass is 444 g/mol. The van der Waals surface area contributed by atoms with E-state index >= 15 is 0 Å². The number of nitrogens with zero attached hydrogens (tertiary/aromatic N) is 6. The van der Waals surface area contributed by atoms with Gasteiger partial charge in [0.2, 0.25) is 0 Å². The molecular weight excluding hydrogens is 424 g/mol. The average molecular weight is 445 g/mol. The van der Waals surface area contributed by atoms with Crippen molar-refractivity contribution in [3.63, 3.8) is 0 Å². The number of thiazole rings is 2. The normalized spacial score (nSPS) is 15.5. The van der Waals surface area contributed by atoms with Gasteiger partial charge in [-0.2, -0.15) is 5.10 Å². The number of hydrogen-bond acceptors (Lipinski definition) is 10. The third-order valence-corrected chi connectivity index (χ3v) is 6.61. The number of fused-ring (bicyclic) bond motifs is 3. The molecule has 0 aromatic carbocycles. The van der Waals surface area contributed by atoms with E-state index in [9.17, 15) is 4.79 Å². The number of aryl methyl sites for hydroxylation is 1. The van der Waals surface area contributed by atoms with E-state index in [1.54, 1.807) is 16.8 Å². The number of ether oxygens (including phenoxy) is 1. The quantitative estimate of drug-likeness (QED) is 0.464. The molecule has 10 nitrogen and oxygen atoms in total. The summed E-state index contributed by atoms with van der Waals surface area (Å²) in [6, 6.07) is 0. The summed E-state index contributed by atoms with van der Waals surface area (Å²) in [5.74, 6) is 0. The zero-order chi connectivity index (χ0) is 20.8. The van der Waals surface area contributed by atoms with Crippen LogP contribution in [0, 0.1) is 0 Å². The first-order chi connectivity index (χ1) is 14.6. The fraction of sp³-hybridized carbons (Fsp3) is 0.333. The molecule has 4 aromatic heterocycles. The minimum Gasteiger partial charge on any atom is -0.365 e. The van der Waals surface area contributed by atoms with E-state index in [1.165, 1.54) is 27.4 Å². The molecule has 156 valence electrons. The lowest BCUT2D eigenvalue weighted by Gasteiger charge is -2.12. The molecule has 0 radical (unpaired) electrons. The number of hydrogen-bond donors (Lipinski definition) is 2. The Bertz CT molecular complexity index is 1300. The Morgan fingerprint density at radius 2 is 2.20 bits per heavy atom. The maximum absolute atomic E-state index is 13.1. The lowest BCUT2D eigenvalue weighted by Crippen LogP contribution is -2.36. The highest BCUT2D eigenvalue weighted by atomic mass is 32.1. The minimum absolute atomic E-state index is 0.153. The van der Waals surface area contributed by atoms with Crippen LogP contribution in [-0.2, 0) is 18.3 Å². The van der Waals surface area contributed by atoms with Crippen LogP contribution in [0.15, 0.2) is 33.8 Å². The molecule has 5 heterocycles. The lowest BCUT2D eigenvalue weighted by molar-refractivity contribution is 0.0887. The Labute approximate surface area is 179 Å². The second kappa shape index (κ2) is 7.47. The third kappa shape index (κ3) is 3.08. The summed E-state index contributed by atoms with van der Waals surface area (Å²) in [7, 11) is 3.71. The predicted molar refractivity (Wildman–Crippen MR) is 116 cm³/mol. The molecule has 4 aromatic rings. The molecule has 1 aliphatic rings. The van der Waals surface area contributed by atoms with E-state index in [4.69, 9.17) is 9.72 Å². The van der Waals surface area contributed by atoms with E-state index in [1.807, 2.05) is 37.2 Å². The van der Waals surface area contributed by atoms with Crippen molar-refractivity contribution in [3.8, 4) is 0 Å². The van der Waals surface area contributed by atoms with Crippen LogP contribution in [0.25, 0.3) is 21.3 Å².